The van der Waals surface area contributed by atoms with Crippen molar-refractivity contribution in [2.75, 3.05) is 0 Å². The van der Waals surface area contributed by atoms with Crippen molar-refractivity contribution < 1.29 is 27.3 Å². The van der Waals surface area contributed by atoms with E-state index in [1.807, 2.05) is 54.6 Å². The summed E-state index contributed by atoms with van der Waals surface area (Å²) in [6, 6.07) is 88.8. The summed E-state index contributed by atoms with van der Waals surface area (Å²) in [7, 11) is 0. The number of ketones is 2. The number of rotatable bonds is 3. The summed E-state index contributed by atoms with van der Waals surface area (Å²) in [5.41, 5.74) is 21.3. The monoisotopic (exact) mass is 1200 g/mol. The fourth-order valence-electron chi connectivity index (χ4n) is 14.2. The number of para-hydroxylation sites is 6. The molecule has 0 bridgehead atoms. The molecule has 0 aliphatic heterocycles. The molecule has 0 saturated heterocycles. The Bertz CT molecular complexity index is 5880. The molecule has 6 heterocycles. The van der Waals surface area contributed by atoms with Crippen LogP contribution in [0.1, 0.15) is 60.0 Å². The number of carbonyl (C=O) groups is 2. The molecule has 6 aromatic heterocycles. The van der Waals surface area contributed by atoms with Crippen LogP contribution in [0.4, 0.5) is 4.39 Å². The van der Waals surface area contributed by atoms with Crippen LogP contribution in [-0.2, 0) is 0 Å². The fraction of sp³-hybridized carbons (Fsp3) is 0.0250. The summed E-state index contributed by atoms with van der Waals surface area (Å²) >= 11 is 2.98. The SMILES string of the molecule is C.C.O=C1c2c3cccccc-3cc2-c2scc(-n3c4ccccc4c4c3ccc3c5ccccc5n(-c5ccccc5)c34)c21.O=C1c2c3cccccc-3cc2-c2scc(F)c21.[2HH].[2H][2H].[2H][2H].[2H][2H].[2H][2H].c1ccc(-n2c3ccccc3c3ccc4[nH]c5ccccc5c4c32)cc1. The van der Waals surface area contributed by atoms with E-state index in [4.69, 9.17) is 11.9 Å². The number of carbonyl (C=O) groups excluding carboxylic acids is 2. The summed E-state index contributed by atoms with van der Waals surface area (Å²) in [4.78, 5) is 32.0. The number of aromatic nitrogens is 4. The molecule has 6 aliphatic rings. The Balaban J connectivity index is 0.000000151. The Morgan fingerprint density at radius 2 is 0.809 bits per heavy atom. The maximum absolute atomic E-state index is 14.3. The van der Waals surface area contributed by atoms with Gasteiger partial charge < -0.3 is 18.7 Å². The summed E-state index contributed by atoms with van der Waals surface area (Å²) < 4.78 is 60.7. The highest BCUT2D eigenvalue weighted by Crippen LogP contribution is 2.53. The van der Waals surface area contributed by atoms with Crippen molar-refractivity contribution >= 4 is 121 Å². The van der Waals surface area contributed by atoms with Gasteiger partial charge in [0.25, 0.3) is 0 Å². The number of benzene rings is 8. The predicted octanol–water partition coefficient (Wildman–Crippen LogP) is 23.4. The number of hydrogen-bond donors (Lipinski definition) is 1. The molecule has 89 heavy (non-hydrogen) atoms. The fourth-order valence-corrected chi connectivity index (χ4v) is 16.2. The van der Waals surface area contributed by atoms with Gasteiger partial charge in [0.2, 0.25) is 0 Å². The number of hydrogen-bond acceptors (Lipinski definition) is 4. The molecule has 0 fully saturated rings. The zero-order chi connectivity index (χ0) is 65.6. The highest BCUT2D eigenvalue weighted by atomic mass is 32.1. The van der Waals surface area contributed by atoms with E-state index in [1.54, 1.807) is 11.3 Å². The van der Waals surface area contributed by atoms with E-state index in [0.717, 1.165) is 76.7 Å². The van der Waals surface area contributed by atoms with E-state index in [1.165, 1.54) is 98.6 Å². The van der Waals surface area contributed by atoms with Gasteiger partial charge >= 0.3 is 0 Å². The van der Waals surface area contributed by atoms with Gasteiger partial charge in [-0.25, -0.2) is 4.39 Å². The maximum Gasteiger partial charge on any atom is 0.198 e. The number of halogens is 1. The Morgan fingerprint density at radius 3 is 1.40 bits per heavy atom. The number of nitrogens with zero attached hydrogens (tertiary/aromatic N) is 3. The van der Waals surface area contributed by atoms with Gasteiger partial charge in [-0.1, -0.05) is 197 Å². The second kappa shape index (κ2) is 20.6. The predicted molar refractivity (Wildman–Crippen MR) is 382 cm³/mol. The normalized spacial score (nSPS) is 12.6. The van der Waals surface area contributed by atoms with Crippen LogP contribution in [0.25, 0.3) is 147 Å². The largest absolute Gasteiger partial charge is 0.354 e. The summed E-state index contributed by atoms with van der Waals surface area (Å²) in [5, 5.41) is 13.6. The lowest BCUT2D eigenvalue weighted by Crippen LogP contribution is -2.02. The number of H-pyrrole nitrogens is 1. The molecule has 0 saturated carbocycles. The molecule has 0 atom stereocenters. The van der Waals surface area contributed by atoms with Crippen LogP contribution in [-0.4, -0.2) is 30.3 Å². The van der Waals surface area contributed by atoms with Crippen molar-refractivity contribution in [1.82, 2.24) is 18.7 Å². The molecule has 14 aromatic rings. The summed E-state index contributed by atoms with van der Waals surface area (Å²) in [6.07, 6.45) is 0. The minimum Gasteiger partial charge on any atom is -0.354 e. The van der Waals surface area contributed by atoms with Crippen LogP contribution in [0.2, 0.25) is 0 Å². The van der Waals surface area contributed by atoms with Gasteiger partial charge in [0, 0.05) is 122 Å². The minimum atomic E-state index is -0.398. The quantitative estimate of drug-likeness (QED) is 0.192. The van der Waals surface area contributed by atoms with Crippen LogP contribution in [0.15, 0.2) is 266 Å². The van der Waals surface area contributed by atoms with Crippen molar-refractivity contribution in [1.29, 1.82) is 0 Å². The van der Waals surface area contributed by atoms with E-state index < -0.39 is 5.82 Å². The van der Waals surface area contributed by atoms with Gasteiger partial charge in [-0.3, -0.25) is 9.59 Å². The molecule has 20 rings (SSSR count). The lowest BCUT2D eigenvalue weighted by molar-refractivity contribution is 0.103. The van der Waals surface area contributed by atoms with E-state index in [2.05, 4.69) is 224 Å². The number of thiophene rings is 2. The first kappa shape index (κ1) is 49.2. The zero-order valence-corrected chi connectivity index (χ0v) is 47.9. The van der Waals surface area contributed by atoms with Crippen LogP contribution < -0.4 is 0 Å². The Kier molecular flexibility index (Phi) is 11.4. The molecular weight excluding hydrogens is 1130 g/mol. The molecule has 0 amide bonds. The summed E-state index contributed by atoms with van der Waals surface area (Å²) in [5.74, 6) is -0.461. The first-order valence-corrected chi connectivity index (χ1v) is 30.8. The molecule has 0 radical (unpaired) electrons. The lowest BCUT2D eigenvalue weighted by atomic mass is 10.0. The molecule has 0 spiro atoms. The van der Waals surface area contributed by atoms with Gasteiger partial charge in [0.1, 0.15) is 5.82 Å². The van der Waals surface area contributed by atoms with Gasteiger partial charge in [-0.05, 0) is 95.1 Å². The van der Waals surface area contributed by atoms with Crippen LogP contribution in [0, 0.1) is 5.82 Å². The molecule has 6 nitrogen and oxygen atoms in total. The van der Waals surface area contributed by atoms with Crippen molar-refractivity contribution in [2.24, 2.45) is 0 Å². The first-order valence-electron chi connectivity index (χ1n) is 33.0. The zero-order valence-electron chi connectivity index (χ0n) is 54.3. The third-order valence-corrected chi connectivity index (χ3v) is 19.8. The Hall–Kier alpha value is -11.0. The molecule has 0 unspecified atom stereocenters. The highest BCUT2D eigenvalue weighted by Gasteiger charge is 2.38. The van der Waals surface area contributed by atoms with Crippen molar-refractivity contribution in [3.05, 3.63) is 294 Å². The number of aromatic amines is 1. The van der Waals surface area contributed by atoms with E-state index >= 15 is 0 Å². The molecule has 1 N–H and O–H groups in total. The standard InChI is InChI=1S/C39H22N2OS.C24H16N2.C15H7FOS.2CH4.5H2/c42-38-34-25-14-6-1-3-11-23(25)21-29(34)39-36(38)33(22-43-39)41-31-18-10-8-16-28(31)35-32(41)20-19-27-26-15-7-9-17-30(26)40(37(27)35)24-12-4-2-5-13-24;1-2-8-16(9-3-1)26-22-13-7-5-10-17(22)18-14-15-21-23(24(18)26)19-11-4-6-12-20(19)25-21;16-11-7-18-15-10-6-8-4-2-1-3-5-9(8)12(10)14(17)13(11)15;;;;;;;/h1-22H;1-15,25H;1-7H;2*1H4;5*1H/i;;;;;4*1+1D;1+1. The Labute approximate surface area is 533 Å². The topological polar surface area (TPSA) is 64.7 Å². The van der Waals surface area contributed by atoms with Crippen LogP contribution in [0.5, 0.6) is 0 Å². The van der Waals surface area contributed by atoms with Gasteiger partial charge in [0.15, 0.2) is 11.6 Å². The number of fused-ring (bicyclic) bond motifs is 24. The first-order chi connectivity index (χ1) is 47.0. The number of nitrogens with one attached hydrogen (secondary N) is 1. The van der Waals surface area contributed by atoms with Crippen LogP contribution in [0.3, 0.4) is 0 Å². The van der Waals surface area contributed by atoms with Gasteiger partial charge in [-0.15, -0.1) is 22.7 Å². The summed E-state index contributed by atoms with van der Waals surface area (Å²) in [6.45, 7) is 0. The lowest BCUT2D eigenvalue weighted by Gasteiger charge is -2.10. The van der Waals surface area contributed by atoms with Gasteiger partial charge in [0.05, 0.1) is 49.9 Å². The van der Waals surface area contributed by atoms with Crippen LogP contribution >= 0.6 is 22.7 Å². The average Bonchev–Trinajstić information content (AvgIpc) is 1.53. The molecule has 8 aromatic carbocycles. The highest BCUT2D eigenvalue weighted by molar-refractivity contribution is 7.15. The maximum atomic E-state index is 14.3. The molecule has 434 valence electrons. The molecule has 6 aliphatic carbocycles. The third-order valence-electron chi connectivity index (χ3n) is 17.8. The van der Waals surface area contributed by atoms with E-state index in [0.29, 0.717) is 5.56 Å². The third kappa shape index (κ3) is 7.72. The second-order valence-corrected chi connectivity index (χ2v) is 24.1. The van der Waals surface area contributed by atoms with Crippen molar-refractivity contribution in [3.63, 3.8) is 0 Å². The molecular formula is C80H63FN4O2S2. The smallest absolute Gasteiger partial charge is 0.198 e. The second-order valence-electron chi connectivity index (χ2n) is 22.3. The van der Waals surface area contributed by atoms with Gasteiger partial charge in [-0.2, -0.15) is 0 Å². The molecule has 9 heteroatoms. The van der Waals surface area contributed by atoms with E-state index in [-0.39, 0.29) is 33.4 Å². The minimum absolute atomic E-state index is 0. The van der Waals surface area contributed by atoms with E-state index in [9.17, 15) is 14.0 Å². The van der Waals surface area contributed by atoms with Crippen molar-refractivity contribution in [3.8, 4) is 60.2 Å². The van der Waals surface area contributed by atoms with Crippen molar-refractivity contribution in [2.45, 2.75) is 14.9 Å². The average molecular weight is 1200 g/mol. The Morgan fingerprint density at radius 1 is 0.360 bits per heavy atom.